The summed E-state index contributed by atoms with van der Waals surface area (Å²) in [7, 11) is 0. The van der Waals surface area contributed by atoms with Crippen LogP contribution in [0.25, 0.3) is 0 Å². The van der Waals surface area contributed by atoms with E-state index in [0.717, 1.165) is 36.2 Å². The third-order valence-corrected chi connectivity index (χ3v) is 2.95. The van der Waals surface area contributed by atoms with Gasteiger partial charge >= 0.3 is 5.97 Å². The summed E-state index contributed by atoms with van der Waals surface area (Å²) >= 11 is 0. The van der Waals surface area contributed by atoms with Crippen molar-refractivity contribution in [3.8, 4) is 0 Å². The van der Waals surface area contributed by atoms with Gasteiger partial charge in [-0.1, -0.05) is 6.92 Å². The van der Waals surface area contributed by atoms with Crippen molar-refractivity contribution >= 4 is 5.97 Å². The summed E-state index contributed by atoms with van der Waals surface area (Å²) in [4.78, 5) is 15.5. The van der Waals surface area contributed by atoms with E-state index in [1.165, 1.54) is 6.42 Å². The second kappa shape index (κ2) is 4.01. The van der Waals surface area contributed by atoms with Crippen molar-refractivity contribution < 1.29 is 9.90 Å². The molecule has 0 aromatic carbocycles. The first-order chi connectivity index (χ1) is 7.22. The van der Waals surface area contributed by atoms with Crippen LogP contribution >= 0.6 is 0 Å². The number of aromatic carboxylic acids is 1. The fourth-order valence-electron chi connectivity index (χ4n) is 2.13. The van der Waals surface area contributed by atoms with Gasteiger partial charge in [0.2, 0.25) is 0 Å². The second-order valence-electron chi connectivity index (χ2n) is 3.95. The minimum absolute atomic E-state index is 0.387. The highest BCUT2D eigenvalue weighted by Gasteiger charge is 2.17. The lowest BCUT2D eigenvalue weighted by Crippen LogP contribution is -2.12. The molecule has 1 heterocycles. The molecule has 1 aromatic heterocycles. The summed E-state index contributed by atoms with van der Waals surface area (Å²) in [5, 5.41) is 9.06. The number of pyridine rings is 1. The summed E-state index contributed by atoms with van der Waals surface area (Å²) in [6.45, 7) is 1.95. The number of carboxylic acids is 1. The standard InChI is InChI=1S/C12H15NO2/c1-2-10-9(12(14)15)7-8-5-3-4-6-11(8)13-10/h7H,2-6H2,1H3,(H,14,15). The van der Waals surface area contributed by atoms with Gasteiger partial charge in [-0.05, 0) is 43.7 Å². The third kappa shape index (κ3) is 1.87. The smallest absolute Gasteiger partial charge is 0.337 e. The molecule has 1 aromatic rings. The van der Waals surface area contributed by atoms with Crippen molar-refractivity contribution in [3.05, 3.63) is 28.6 Å². The van der Waals surface area contributed by atoms with E-state index >= 15 is 0 Å². The average molecular weight is 205 g/mol. The number of rotatable bonds is 2. The molecular weight excluding hydrogens is 190 g/mol. The van der Waals surface area contributed by atoms with Crippen LogP contribution in [0, 0.1) is 0 Å². The molecule has 0 aliphatic heterocycles. The van der Waals surface area contributed by atoms with Crippen LogP contribution in [0.3, 0.4) is 0 Å². The van der Waals surface area contributed by atoms with E-state index in [4.69, 9.17) is 5.11 Å². The first kappa shape index (κ1) is 10.1. The Morgan fingerprint density at radius 1 is 1.47 bits per heavy atom. The van der Waals surface area contributed by atoms with Gasteiger partial charge in [0.25, 0.3) is 0 Å². The molecule has 1 aliphatic carbocycles. The number of aromatic nitrogens is 1. The molecule has 0 spiro atoms. The molecule has 1 N–H and O–H groups in total. The molecule has 0 fully saturated rings. The van der Waals surface area contributed by atoms with Crippen LogP contribution < -0.4 is 0 Å². The molecule has 0 saturated carbocycles. The lowest BCUT2D eigenvalue weighted by atomic mass is 9.93. The van der Waals surface area contributed by atoms with Gasteiger partial charge in [-0.25, -0.2) is 4.79 Å². The Morgan fingerprint density at radius 2 is 2.20 bits per heavy atom. The number of fused-ring (bicyclic) bond motifs is 1. The fourth-order valence-corrected chi connectivity index (χ4v) is 2.13. The topological polar surface area (TPSA) is 50.2 Å². The van der Waals surface area contributed by atoms with Crippen LogP contribution in [0.5, 0.6) is 0 Å². The highest BCUT2D eigenvalue weighted by atomic mass is 16.4. The van der Waals surface area contributed by atoms with E-state index in [1.54, 1.807) is 0 Å². The molecule has 0 amide bonds. The monoisotopic (exact) mass is 205 g/mol. The number of hydrogen-bond acceptors (Lipinski definition) is 2. The van der Waals surface area contributed by atoms with E-state index in [1.807, 2.05) is 13.0 Å². The van der Waals surface area contributed by atoms with Crippen LogP contribution in [0.1, 0.15) is 47.1 Å². The molecular formula is C12H15NO2. The number of carbonyl (C=O) groups is 1. The molecule has 3 nitrogen and oxygen atoms in total. The average Bonchev–Trinajstić information content (AvgIpc) is 2.27. The molecule has 0 saturated heterocycles. The summed E-state index contributed by atoms with van der Waals surface area (Å²) in [5.74, 6) is -0.854. The minimum Gasteiger partial charge on any atom is -0.478 e. The van der Waals surface area contributed by atoms with Gasteiger partial charge in [0, 0.05) is 5.69 Å². The van der Waals surface area contributed by atoms with Crippen LogP contribution in [0.4, 0.5) is 0 Å². The number of carboxylic acid groups (broad SMARTS) is 1. The van der Waals surface area contributed by atoms with Crippen LogP contribution in [0.15, 0.2) is 6.07 Å². The predicted octanol–water partition coefficient (Wildman–Crippen LogP) is 2.22. The molecule has 1 aliphatic rings. The molecule has 3 heteroatoms. The van der Waals surface area contributed by atoms with E-state index in [0.29, 0.717) is 12.0 Å². The van der Waals surface area contributed by atoms with Gasteiger partial charge in [-0.2, -0.15) is 0 Å². The van der Waals surface area contributed by atoms with Gasteiger partial charge < -0.3 is 5.11 Å². The first-order valence-corrected chi connectivity index (χ1v) is 5.47. The van der Waals surface area contributed by atoms with Gasteiger partial charge in [-0.15, -0.1) is 0 Å². The van der Waals surface area contributed by atoms with Crippen LogP contribution in [0.2, 0.25) is 0 Å². The van der Waals surface area contributed by atoms with E-state index in [9.17, 15) is 4.79 Å². The van der Waals surface area contributed by atoms with Crippen molar-refractivity contribution in [2.45, 2.75) is 39.0 Å². The largest absolute Gasteiger partial charge is 0.478 e. The van der Waals surface area contributed by atoms with Crippen molar-refractivity contribution in [3.63, 3.8) is 0 Å². The molecule has 0 radical (unpaired) electrons. The number of aryl methyl sites for hydroxylation is 3. The molecule has 80 valence electrons. The highest BCUT2D eigenvalue weighted by molar-refractivity contribution is 5.89. The number of hydrogen-bond donors (Lipinski definition) is 1. The Kier molecular flexibility index (Phi) is 2.71. The minimum atomic E-state index is -0.854. The van der Waals surface area contributed by atoms with Crippen molar-refractivity contribution in [1.82, 2.24) is 4.98 Å². The molecule has 0 unspecified atom stereocenters. The quantitative estimate of drug-likeness (QED) is 0.805. The van der Waals surface area contributed by atoms with Gasteiger partial charge in [0.15, 0.2) is 0 Å². The zero-order chi connectivity index (χ0) is 10.8. The van der Waals surface area contributed by atoms with Crippen molar-refractivity contribution in [2.24, 2.45) is 0 Å². The lowest BCUT2D eigenvalue weighted by molar-refractivity contribution is 0.0695. The zero-order valence-corrected chi connectivity index (χ0v) is 8.92. The Hall–Kier alpha value is -1.38. The Balaban J connectivity index is 2.51. The van der Waals surface area contributed by atoms with E-state index in [2.05, 4.69) is 4.98 Å². The Morgan fingerprint density at radius 3 is 2.87 bits per heavy atom. The normalized spacial score (nSPS) is 14.7. The van der Waals surface area contributed by atoms with Crippen molar-refractivity contribution in [1.29, 1.82) is 0 Å². The molecule has 15 heavy (non-hydrogen) atoms. The molecule has 2 rings (SSSR count). The Bertz CT molecular complexity index is 399. The van der Waals surface area contributed by atoms with Gasteiger partial charge in [-0.3, -0.25) is 4.98 Å². The first-order valence-electron chi connectivity index (χ1n) is 5.47. The molecule has 0 bridgehead atoms. The van der Waals surface area contributed by atoms with Crippen LogP contribution in [-0.2, 0) is 19.3 Å². The number of nitrogens with zero attached hydrogens (tertiary/aromatic N) is 1. The van der Waals surface area contributed by atoms with Gasteiger partial charge in [0.05, 0.1) is 11.3 Å². The maximum Gasteiger partial charge on any atom is 0.337 e. The summed E-state index contributed by atoms with van der Waals surface area (Å²) in [5.41, 5.74) is 3.36. The third-order valence-electron chi connectivity index (χ3n) is 2.95. The van der Waals surface area contributed by atoms with Crippen LogP contribution in [-0.4, -0.2) is 16.1 Å². The summed E-state index contributed by atoms with van der Waals surface area (Å²) in [6, 6.07) is 1.82. The lowest BCUT2D eigenvalue weighted by Gasteiger charge is -2.16. The van der Waals surface area contributed by atoms with Crippen molar-refractivity contribution in [2.75, 3.05) is 0 Å². The maximum absolute atomic E-state index is 11.0. The fraction of sp³-hybridized carbons (Fsp3) is 0.500. The SMILES string of the molecule is CCc1nc2c(cc1C(=O)O)CCCC2. The molecule has 0 atom stereocenters. The Labute approximate surface area is 89.2 Å². The highest BCUT2D eigenvalue weighted by Crippen LogP contribution is 2.22. The summed E-state index contributed by atoms with van der Waals surface area (Å²) in [6.07, 6.45) is 5.00. The van der Waals surface area contributed by atoms with E-state index < -0.39 is 5.97 Å². The second-order valence-corrected chi connectivity index (χ2v) is 3.95. The zero-order valence-electron chi connectivity index (χ0n) is 8.92. The van der Waals surface area contributed by atoms with E-state index in [-0.39, 0.29) is 0 Å². The summed E-state index contributed by atoms with van der Waals surface area (Å²) < 4.78 is 0. The maximum atomic E-state index is 11.0. The van der Waals surface area contributed by atoms with Gasteiger partial charge in [0.1, 0.15) is 0 Å². The predicted molar refractivity (Wildman–Crippen MR) is 57.2 cm³/mol.